The Morgan fingerprint density at radius 2 is 1.66 bits per heavy atom. The van der Waals surface area contributed by atoms with Gasteiger partial charge in [-0.2, -0.15) is 0 Å². The number of aliphatic hydroxyl groups excluding tert-OH is 1. The number of aromatic nitrogens is 2. The first-order valence-corrected chi connectivity index (χ1v) is 14.2. The molecule has 1 aliphatic carbocycles. The number of aliphatic hydroxyl groups is 1. The molecule has 202 valence electrons. The predicted molar refractivity (Wildman–Crippen MR) is 167 cm³/mol. The lowest BCUT2D eigenvalue weighted by Crippen LogP contribution is -2.16. The van der Waals surface area contributed by atoms with E-state index in [1.54, 1.807) is 0 Å². The van der Waals surface area contributed by atoms with Gasteiger partial charge in [0.25, 0.3) is 0 Å². The van der Waals surface area contributed by atoms with Gasteiger partial charge < -0.3 is 15.4 Å². The van der Waals surface area contributed by atoms with Crippen LogP contribution in [0.25, 0.3) is 55.6 Å². The Labute approximate surface area is 238 Å². The molecule has 1 amide bonds. The molecule has 1 saturated carbocycles. The van der Waals surface area contributed by atoms with Gasteiger partial charge in [-0.05, 0) is 85.2 Å². The summed E-state index contributed by atoms with van der Waals surface area (Å²) < 4.78 is 2.27. The van der Waals surface area contributed by atoms with Crippen molar-refractivity contribution in [2.75, 3.05) is 0 Å². The zero-order valence-electron chi connectivity index (χ0n) is 22.7. The van der Waals surface area contributed by atoms with Crippen LogP contribution in [0.2, 0.25) is 0 Å². The second kappa shape index (κ2) is 10.3. The number of hydrogen-bond acceptors (Lipinski definition) is 3. The van der Waals surface area contributed by atoms with Crippen molar-refractivity contribution in [3.63, 3.8) is 0 Å². The molecule has 0 spiro atoms. The van der Waals surface area contributed by atoms with Gasteiger partial charge in [0.2, 0.25) is 5.91 Å². The molecule has 0 atom stereocenters. The van der Waals surface area contributed by atoms with E-state index in [1.165, 1.54) is 0 Å². The monoisotopic (exact) mass is 537 g/mol. The molecule has 5 heteroatoms. The number of benzene rings is 4. The van der Waals surface area contributed by atoms with Crippen molar-refractivity contribution >= 4 is 44.7 Å². The van der Waals surface area contributed by atoms with E-state index in [1.807, 2.05) is 42.6 Å². The smallest absolute Gasteiger partial charge is 0.249 e. The Bertz CT molecular complexity index is 1960. The number of nitrogens with zero attached hydrogens (tertiary/aromatic N) is 2. The number of carbonyl (C=O) groups is 1. The zero-order chi connectivity index (χ0) is 27.9. The first-order chi connectivity index (χ1) is 20.1. The third kappa shape index (κ3) is 4.58. The molecule has 0 saturated heterocycles. The van der Waals surface area contributed by atoms with Crippen LogP contribution in [0.3, 0.4) is 0 Å². The highest BCUT2D eigenvalue weighted by Crippen LogP contribution is 2.39. The van der Waals surface area contributed by atoms with Crippen LogP contribution in [-0.2, 0) is 0 Å². The first kappa shape index (κ1) is 25.2. The SMILES string of the molecule is NC(=O)c1ccc(-n2c3ccccc3c3c(-c4cnc5ccccc5c4)cccc32)cc1/C=C\C1CCC(O)CC1. The maximum absolute atomic E-state index is 12.4. The van der Waals surface area contributed by atoms with Gasteiger partial charge >= 0.3 is 0 Å². The normalized spacial score (nSPS) is 17.6. The fourth-order valence-electron chi connectivity index (χ4n) is 6.34. The van der Waals surface area contributed by atoms with Gasteiger partial charge in [0.15, 0.2) is 0 Å². The van der Waals surface area contributed by atoms with Crippen molar-refractivity contribution in [3.05, 3.63) is 114 Å². The molecule has 0 unspecified atom stereocenters. The Morgan fingerprint density at radius 1 is 0.878 bits per heavy atom. The Hall–Kier alpha value is -4.74. The van der Waals surface area contributed by atoms with Crippen LogP contribution < -0.4 is 5.73 Å². The van der Waals surface area contributed by atoms with Gasteiger partial charge in [0.1, 0.15) is 0 Å². The highest BCUT2D eigenvalue weighted by Gasteiger charge is 2.19. The van der Waals surface area contributed by atoms with Crippen molar-refractivity contribution < 1.29 is 9.90 Å². The van der Waals surface area contributed by atoms with E-state index in [4.69, 9.17) is 10.7 Å². The number of primary amides is 1. The van der Waals surface area contributed by atoms with Crippen molar-refractivity contribution in [1.82, 2.24) is 9.55 Å². The van der Waals surface area contributed by atoms with E-state index < -0.39 is 5.91 Å². The van der Waals surface area contributed by atoms with Crippen LogP contribution in [-0.4, -0.2) is 26.7 Å². The van der Waals surface area contributed by atoms with Crippen molar-refractivity contribution in [2.24, 2.45) is 11.7 Å². The van der Waals surface area contributed by atoms with Gasteiger partial charge in [-0.3, -0.25) is 9.78 Å². The van der Waals surface area contributed by atoms with Crippen LogP contribution in [0.1, 0.15) is 41.6 Å². The number of para-hydroxylation sites is 2. The Morgan fingerprint density at radius 3 is 2.51 bits per heavy atom. The summed E-state index contributed by atoms with van der Waals surface area (Å²) in [5.74, 6) is -0.0577. The van der Waals surface area contributed by atoms with Crippen LogP contribution in [0, 0.1) is 5.92 Å². The molecule has 1 aliphatic rings. The maximum Gasteiger partial charge on any atom is 0.249 e. The molecule has 1 fully saturated rings. The fraction of sp³-hybridized carbons (Fsp3) is 0.167. The predicted octanol–water partition coefficient (Wildman–Crippen LogP) is 7.66. The summed E-state index contributed by atoms with van der Waals surface area (Å²) in [6.07, 6.45) is 9.49. The van der Waals surface area contributed by atoms with E-state index in [2.05, 4.69) is 71.3 Å². The summed E-state index contributed by atoms with van der Waals surface area (Å²) in [6.45, 7) is 0. The minimum atomic E-state index is -0.441. The number of allylic oxidation sites excluding steroid dienone is 1. The summed E-state index contributed by atoms with van der Waals surface area (Å²) in [4.78, 5) is 17.1. The highest BCUT2D eigenvalue weighted by molar-refractivity contribution is 6.16. The third-order valence-electron chi connectivity index (χ3n) is 8.45. The van der Waals surface area contributed by atoms with E-state index in [0.717, 1.165) is 80.8 Å². The van der Waals surface area contributed by atoms with Crippen molar-refractivity contribution in [2.45, 2.75) is 31.8 Å². The summed E-state index contributed by atoms with van der Waals surface area (Å²) in [5, 5.41) is 13.3. The number of amides is 1. The average Bonchev–Trinajstić information content (AvgIpc) is 3.35. The Kier molecular flexibility index (Phi) is 6.37. The fourth-order valence-corrected chi connectivity index (χ4v) is 6.34. The molecule has 41 heavy (non-hydrogen) atoms. The number of nitrogens with two attached hydrogens (primary N) is 1. The topological polar surface area (TPSA) is 81.1 Å². The Balaban J connectivity index is 1.40. The molecular formula is C36H31N3O2. The van der Waals surface area contributed by atoms with E-state index in [-0.39, 0.29) is 6.10 Å². The van der Waals surface area contributed by atoms with Gasteiger partial charge in [-0.25, -0.2) is 0 Å². The number of fused-ring (bicyclic) bond motifs is 4. The lowest BCUT2D eigenvalue weighted by Gasteiger charge is -2.22. The quantitative estimate of drug-likeness (QED) is 0.237. The number of hydrogen-bond donors (Lipinski definition) is 2. The lowest BCUT2D eigenvalue weighted by atomic mass is 9.87. The molecule has 0 bridgehead atoms. The summed E-state index contributed by atoms with van der Waals surface area (Å²) in [6, 6.07) is 31.1. The molecular weight excluding hydrogens is 506 g/mol. The maximum atomic E-state index is 12.4. The summed E-state index contributed by atoms with van der Waals surface area (Å²) in [7, 11) is 0. The zero-order valence-corrected chi connectivity index (χ0v) is 22.7. The van der Waals surface area contributed by atoms with Crippen LogP contribution in [0.15, 0.2) is 103 Å². The van der Waals surface area contributed by atoms with Crippen LogP contribution in [0.4, 0.5) is 0 Å². The standard InChI is InChI=1S/C36H31N3O2/c37-36(41)30-19-16-27(21-24(30)15-12-23-13-17-28(40)18-14-23)39-33-10-4-2-7-31(33)35-29(8-5-11-34(35)39)26-20-25-6-1-3-9-32(25)38-22-26/h1-12,15-16,19-23,28,40H,13-14,17-18H2,(H2,37,41)/b15-12-. The number of carbonyl (C=O) groups excluding carboxylic acids is 1. The minimum absolute atomic E-state index is 0.199. The largest absolute Gasteiger partial charge is 0.393 e. The minimum Gasteiger partial charge on any atom is -0.393 e. The number of pyridine rings is 1. The van der Waals surface area contributed by atoms with Crippen molar-refractivity contribution in [3.8, 4) is 16.8 Å². The molecule has 2 heterocycles. The molecule has 0 aliphatic heterocycles. The molecule has 0 radical (unpaired) electrons. The third-order valence-corrected chi connectivity index (χ3v) is 8.45. The molecule has 4 aromatic carbocycles. The van der Waals surface area contributed by atoms with Gasteiger partial charge in [0.05, 0.1) is 22.7 Å². The molecule has 5 nitrogen and oxygen atoms in total. The number of rotatable bonds is 5. The molecule has 6 aromatic rings. The van der Waals surface area contributed by atoms with Gasteiger partial charge in [-0.1, -0.05) is 60.7 Å². The lowest BCUT2D eigenvalue weighted by molar-refractivity contribution is 0.1000. The summed E-state index contributed by atoms with van der Waals surface area (Å²) >= 11 is 0. The molecule has 7 rings (SSSR count). The second-order valence-electron chi connectivity index (χ2n) is 11.0. The first-order valence-electron chi connectivity index (χ1n) is 14.2. The molecule has 3 N–H and O–H groups in total. The highest BCUT2D eigenvalue weighted by atomic mass is 16.3. The van der Waals surface area contributed by atoms with Crippen molar-refractivity contribution in [1.29, 1.82) is 0 Å². The van der Waals surface area contributed by atoms with Crippen LogP contribution >= 0.6 is 0 Å². The second-order valence-corrected chi connectivity index (χ2v) is 11.0. The van der Waals surface area contributed by atoms with E-state index in [0.29, 0.717) is 11.5 Å². The van der Waals surface area contributed by atoms with E-state index in [9.17, 15) is 9.90 Å². The van der Waals surface area contributed by atoms with Gasteiger partial charge in [-0.15, -0.1) is 0 Å². The summed E-state index contributed by atoms with van der Waals surface area (Å²) in [5.41, 5.74) is 13.4. The van der Waals surface area contributed by atoms with Gasteiger partial charge in [0, 0.05) is 39.2 Å². The van der Waals surface area contributed by atoms with Crippen LogP contribution in [0.5, 0.6) is 0 Å². The molecule has 2 aromatic heterocycles. The van der Waals surface area contributed by atoms with E-state index >= 15 is 0 Å². The average molecular weight is 538 g/mol.